The average molecular weight is 466 g/mol. The molecule has 0 aliphatic carbocycles. The highest BCUT2D eigenvalue weighted by molar-refractivity contribution is 5.95. The number of rotatable bonds is 7. The zero-order valence-corrected chi connectivity index (χ0v) is 20.0. The molecule has 0 atom stereocenters. The lowest BCUT2D eigenvalue weighted by Gasteiger charge is -2.31. The molecule has 35 heavy (non-hydrogen) atoms. The molecule has 2 aliphatic rings. The largest absolute Gasteiger partial charge is 0.356 e. The van der Waals surface area contributed by atoms with Crippen LogP contribution >= 0.6 is 0 Å². The van der Waals surface area contributed by atoms with Gasteiger partial charge in [-0.25, -0.2) is 4.98 Å². The normalized spacial score (nSPS) is 16.3. The smallest absolute Gasteiger partial charge is 0.128 e. The summed E-state index contributed by atoms with van der Waals surface area (Å²) >= 11 is 0. The monoisotopic (exact) mass is 465 g/mol. The number of nitrogens with zero attached hydrogens (tertiary/aromatic N) is 5. The Hall–Kier alpha value is -3.71. The molecule has 3 aromatic heterocycles. The van der Waals surface area contributed by atoms with Crippen LogP contribution in [-0.4, -0.2) is 51.2 Å². The SMILES string of the molecule is C=C(Nc1ccc(N2CCC2)nc1)c1n[nH]c2ccc(-c3cncc(CN4CCCCC4)c3)cc12. The highest BCUT2D eigenvalue weighted by Gasteiger charge is 2.16. The van der Waals surface area contributed by atoms with Crippen LogP contribution < -0.4 is 10.2 Å². The van der Waals surface area contributed by atoms with Crippen molar-refractivity contribution in [2.75, 3.05) is 36.4 Å². The Kier molecular flexibility index (Phi) is 5.92. The summed E-state index contributed by atoms with van der Waals surface area (Å²) in [5, 5.41) is 12.1. The first-order chi connectivity index (χ1) is 17.2. The number of H-pyrrole nitrogens is 1. The fraction of sp³-hybridized carbons (Fsp3) is 0.321. The van der Waals surface area contributed by atoms with Gasteiger partial charge >= 0.3 is 0 Å². The summed E-state index contributed by atoms with van der Waals surface area (Å²) in [4.78, 5) is 13.9. The molecule has 2 saturated heterocycles. The molecular formula is C28H31N7. The molecule has 0 spiro atoms. The van der Waals surface area contributed by atoms with Gasteiger partial charge in [0, 0.05) is 43.0 Å². The van der Waals surface area contributed by atoms with E-state index in [1.54, 1.807) is 0 Å². The van der Waals surface area contributed by atoms with Crippen molar-refractivity contribution in [1.82, 2.24) is 25.1 Å². The second-order valence-electron chi connectivity index (χ2n) is 9.60. The van der Waals surface area contributed by atoms with Crippen molar-refractivity contribution in [2.24, 2.45) is 0 Å². The Morgan fingerprint density at radius 3 is 2.57 bits per heavy atom. The zero-order chi connectivity index (χ0) is 23.6. The van der Waals surface area contributed by atoms with Gasteiger partial charge in [-0.05, 0) is 73.8 Å². The average Bonchev–Trinajstić information content (AvgIpc) is 3.28. The van der Waals surface area contributed by atoms with Crippen LogP contribution in [0.1, 0.15) is 36.9 Å². The van der Waals surface area contributed by atoms with Gasteiger partial charge in [0.05, 0.1) is 23.1 Å². The highest BCUT2D eigenvalue weighted by atomic mass is 15.2. The number of hydrogen-bond donors (Lipinski definition) is 2. The lowest BCUT2D eigenvalue weighted by atomic mass is 10.0. The van der Waals surface area contributed by atoms with Crippen LogP contribution in [0.5, 0.6) is 0 Å². The number of fused-ring (bicyclic) bond motifs is 1. The van der Waals surface area contributed by atoms with Crippen LogP contribution in [-0.2, 0) is 6.54 Å². The van der Waals surface area contributed by atoms with Gasteiger partial charge in [0.1, 0.15) is 11.5 Å². The van der Waals surface area contributed by atoms with E-state index in [1.165, 1.54) is 44.3 Å². The van der Waals surface area contributed by atoms with Gasteiger partial charge in [0.2, 0.25) is 0 Å². The van der Waals surface area contributed by atoms with Crippen molar-refractivity contribution >= 4 is 28.1 Å². The summed E-state index contributed by atoms with van der Waals surface area (Å²) in [5.41, 5.74) is 6.95. The van der Waals surface area contributed by atoms with Crippen molar-refractivity contribution in [2.45, 2.75) is 32.2 Å². The van der Waals surface area contributed by atoms with E-state index in [2.05, 4.69) is 72.2 Å². The van der Waals surface area contributed by atoms with E-state index in [1.807, 2.05) is 24.7 Å². The van der Waals surface area contributed by atoms with Gasteiger partial charge in [-0.1, -0.05) is 19.1 Å². The second-order valence-corrected chi connectivity index (χ2v) is 9.60. The van der Waals surface area contributed by atoms with Crippen molar-refractivity contribution in [1.29, 1.82) is 0 Å². The number of aromatic nitrogens is 4. The summed E-state index contributed by atoms with van der Waals surface area (Å²) in [6.07, 6.45) is 11.0. The molecule has 6 rings (SSSR count). The molecule has 178 valence electrons. The van der Waals surface area contributed by atoms with Gasteiger partial charge in [-0.15, -0.1) is 0 Å². The maximum Gasteiger partial charge on any atom is 0.128 e. The number of nitrogens with one attached hydrogen (secondary N) is 2. The molecule has 0 unspecified atom stereocenters. The van der Waals surface area contributed by atoms with Crippen molar-refractivity contribution in [3.63, 3.8) is 0 Å². The molecule has 0 radical (unpaired) electrons. The number of likely N-dealkylation sites (tertiary alicyclic amines) is 1. The minimum atomic E-state index is 0.740. The Balaban J connectivity index is 1.21. The van der Waals surface area contributed by atoms with Gasteiger partial charge in [0.25, 0.3) is 0 Å². The molecule has 2 N–H and O–H groups in total. The van der Waals surface area contributed by atoms with E-state index in [0.717, 1.165) is 64.6 Å². The van der Waals surface area contributed by atoms with Crippen LogP contribution in [0.2, 0.25) is 0 Å². The fourth-order valence-electron chi connectivity index (χ4n) is 4.96. The molecule has 5 heterocycles. The van der Waals surface area contributed by atoms with Crippen LogP contribution in [0.4, 0.5) is 11.5 Å². The van der Waals surface area contributed by atoms with Crippen LogP contribution in [0, 0.1) is 0 Å². The molecule has 4 aromatic rings. The maximum absolute atomic E-state index is 4.58. The van der Waals surface area contributed by atoms with E-state index >= 15 is 0 Å². The number of aromatic amines is 1. The molecule has 2 fully saturated rings. The fourth-order valence-corrected chi connectivity index (χ4v) is 4.96. The van der Waals surface area contributed by atoms with Gasteiger partial charge in [-0.3, -0.25) is 15.0 Å². The zero-order valence-electron chi connectivity index (χ0n) is 20.0. The predicted octanol–water partition coefficient (Wildman–Crippen LogP) is 5.30. The van der Waals surface area contributed by atoms with Gasteiger partial charge in [-0.2, -0.15) is 5.10 Å². The standard InChI is InChI=1S/C28H31N7/c1-20(31-24-7-9-27(30-18-24)35-12-5-13-35)28-25-15-22(6-8-26(25)32-33-28)23-14-21(16-29-17-23)19-34-10-3-2-4-11-34/h6-9,14-18,31H,1-5,10-13,19H2,(H,32,33). The Labute approximate surface area is 205 Å². The van der Waals surface area contributed by atoms with E-state index in [-0.39, 0.29) is 0 Å². The third-order valence-corrected chi connectivity index (χ3v) is 7.05. The molecule has 0 amide bonds. The van der Waals surface area contributed by atoms with Crippen LogP contribution in [0.3, 0.4) is 0 Å². The van der Waals surface area contributed by atoms with Gasteiger partial charge < -0.3 is 10.2 Å². The molecular weight excluding hydrogens is 434 g/mol. The molecule has 1 aromatic carbocycles. The summed E-state index contributed by atoms with van der Waals surface area (Å²) < 4.78 is 0. The third-order valence-electron chi connectivity index (χ3n) is 7.05. The van der Waals surface area contributed by atoms with Crippen LogP contribution in [0.25, 0.3) is 27.7 Å². The molecule has 7 nitrogen and oxygen atoms in total. The third kappa shape index (κ3) is 4.64. The minimum Gasteiger partial charge on any atom is -0.356 e. The van der Waals surface area contributed by atoms with Gasteiger partial charge in [0.15, 0.2) is 0 Å². The lowest BCUT2D eigenvalue weighted by molar-refractivity contribution is 0.220. The minimum absolute atomic E-state index is 0.740. The number of piperidine rings is 1. The first-order valence-electron chi connectivity index (χ1n) is 12.5. The van der Waals surface area contributed by atoms with Crippen molar-refractivity contribution in [3.8, 4) is 11.1 Å². The number of pyridine rings is 2. The molecule has 0 bridgehead atoms. The van der Waals surface area contributed by atoms with Crippen molar-refractivity contribution < 1.29 is 0 Å². The Morgan fingerprint density at radius 2 is 1.80 bits per heavy atom. The predicted molar refractivity (Wildman–Crippen MR) is 142 cm³/mol. The Morgan fingerprint density at radius 1 is 0.914 bits per heavy atom. The first kappa shape index (κ1) is 21.8. The highest BCUT2D eigenvalue weighted by Crippen LogP contribution is 2.29. The van der Waals surface area contributed by atoms with E-state index in [9.17, 15) is 0 Å². The number of hydrogen-bond acceptors (Lipinski definition) is 6. The second kappa shape index (κ2) is 9.50. The molecule has 2 aliphatic heterocycles. The summed E-state index contributed by atoms with van der Waals surface area (Å²) in [5.74, 6) is 1.03. The summed E-state index contributed by atoms with van der Waals surface area (Å²) in [6, 6.07) is 12.7. The first-order valence-corrected chi connectivity index (χ1v) is 12.5. The Bertz CT molecular complexity index is 1330. The molecule has 7 heteroatoms. The lowest BCUT2D eigenvalue weighted by Crippen LogP contribution is -2.37. The topological polar surface area (TPSA) is 73.0 Å². The summed E-state index contributed by atoms with van der Waals surface area (Å²) in [6.45, 7) is 9.76. The molecule has 0 saturated carbocycles. The maximum atomic E-state index is 4.58. The summed E-state index contributed by atoms with van der Waals surface area (Å²) in [7, 11) is 0. The number of benzene rings is 1. The number of anilines is 2. The van der Waals surface area contributed by atoms with Crippen LogP contribution in [0.15, 0.2) is 61.6 Å². The van der Waals surface area contributed by atoms with E-state index in [0.29, 0.717) is 0 Å². The van der Waals surface area contributed by atoms with Crippen molar-refractivity contribution in [3.05, 3.63) is 72.8 Å². The van der Waals surface area contributed by atoms with E-state index < -0.39 is 0 Å². The van der Waals surface area contributed by atoms with E-state index in [4.69, 9.17) is 0 Å². The quantitative estimate of drug-likeness (QED) is 0.386.